The number of nitrogens with two attached hydrogens (primary N) is 1. The maximum Gasteiger partial charge on any atom is 0.163 e. The predicted molar refractivity (Wildman–Crippen MR) is 64.6 cm³/mol. The zero-order chi connectivity index (χ0) is 12.3. The molecule has 2 aromatic rings. The quantitative estimate of drug-likeness (QED) is 0.797. The van der Waals surface area contributed by atoms with Crippen LogP contribution in [-0.2, 0) is 0 Å². The monoisotopic (exact) mass is 225 g/mol. The highest BCUT2D eigenvalue weighted by Crippen LogP contribution is 2.30. The zero-order valence-electron chi connectivity index (χ0n) is 9.34. The largest absolute Gasteiger partial charge is 0.452 e. The molecule has 0 atom stereocenters. The van der Waals surface area contributed by atoms with Crippen molar-refractivity contribution >= 4 is 5.69 Å². The molecule has 0 aliphatic heterocycles. The molecule has 17 heavy (non-hydrogen) atoms. The number of nitriles is 1. The molecule has 1 aromatic carbocycles. The maximum absolute atomic E-state index is 8.93. The molecule has 2 rings (SSSR count). The van der Waals surface area contributed by atoms with Gasteiger partial charge in [-0.2, -0.15) is 5.26 Å². The van der Waals surface area contributed by atoms with Crippen molar-refractivity contribution < 1.29 is 4.74 Å². The Morgan fingerprint density at radius 3 is 2.88 bits per heavy atom. The molecule has 84 valence electrons. The van der Waals surface area contributed by atoms with Crippen molar-refractivity contribution in [3.8, 4) is 17.6 Å². The summed E-state index contributed by atoms with van der Waals surface area (Å²) in [7, 11) is 0. The average Bonchev–Trinajstić information content (AvgIpc) is 2.35. The highest BCUT2D eigenvalue weighted by molar-refractivity contribution is 5.59. The fourth-order valence-corrected chi connectivity index (χ4v) is 1.41. The first-order chi connectivity index (χ1) is 8.22. The van der Waals surface area contributed by atoms with Crippen molar-refractivity contribution in [2.75, 3.05) is 5.73 Å². The second-order valence-corrected chi connectivity index (χ2v) is 3.57. The van der Waals surface area contributed by atoms with Crippen LogP contribution in [0.25, 0.3) is 0 Å². The van der Waals surface area contributed by atoms with Gasteiger partial charge in [-0.1, -0.05) is 12.1 Å². The zero-order valence-corrected chi connectivity index (χ0v) is 9.34. The van der Waals surface area contributed by atoms with Gasteiger partial charge in [-0.15, -0.1) is 0 Å². The molecule has 2 N–H and O–H groups in total. The summed E-state index contributed by atoms with van der Waals surface area (Å²) in [6.45, 7) is 1.90. The number of para-hydroxylation sites is 1. The number of hydrogen-bond donors (Lipinski definition) is 1. The van der Waals surface area contributed by atoms with Crippen LogP contribution in [0.4, 0.5) is 5.69 Å². The molecule has 0 unspecified atom stereocenters. The van der Waals surface area contributed by atoms with E-state index in [-0.39, 0.29) is 0 Å². The van der Waals surface area contributed by atoms with Crippen LogP contribution < -0.4 is 10.5 Å². The Morgan fingerprint density at radius 1 is 1.29 bits per heavy atom. The molecule has 0 saturated heterocycles. The third-order valence-electron chi connectivity index (χ3n) is 2.41. The van der Waals surface area contributed by atoms with Crippen LogP contribution in [0.2, 0.25) is 0 Å². The summed E-state index contributed by atoms with van der Waals surface area (Å²) >= 11 is 0. The summed E-state index contributed by atoms with van der Waals surface area (Å²) in [5, 5.41) is 8.93. The van der Waals surface area contributed by atoms with Gasteiger partial charge in [0.15, 0.2) is 11.5 Å². The molecule has 0 saturated carbocycles. The average molecular weight is 225 g/mol. The fraction of sp³-hybridized carbons (Fsp3) is 0.0769. The van der Waals surface area contributed by atoms with Crippen molar-refractivity contribution in [2.24, 2.45) is 0 Å². The fourth-order valence-electron chi connectivity index (χ4n) is 1.41. The van der Waals surface area contributed by atoms with E-state index < -0.39 is 0 Å². The van der Waals surface area contributed by atoms with Gasteiger partial charge in [0, 0.05) is 6.20 Å². The predicted octanol–water partition coefficient (Wildman–Crippen LogP) is 2.64. The first kappa shape index (κ1) is 11.0. The first-order valence-electron chi connectivity index (χ1n) is 5.09. The summed E-state index contributed by atoms with van der Waals surface area (Å²) < 4.78 is 5.60. The summed E-state index contributed by atoms with van der Waals surface area (Å²) in [5.74, 6) is 0.946. The standard InChI is InChI=1S/C13H11N3O/c1-9-3-2-4-11(13(9)15)17-12-8-16-6-5-10(12)7-14/h2-6,8H,15H2,1H3. The topological polar surface area (TPSA) is 71.9 Å². The normalized spacial score (nSPS) is 9.65. The minimum absolute atomic E-state index is 0.410. The van der Waals surface area contributed by atoms with E-state index in [4.69, 9.17) is 15.7 Å². The Balaban J connectivity index is 2.39. The molecule has 0 aliphatic rings. The Morgan fingerprint density at radius 2 is 2.12 bits per heavy atom. The van der Waals surface area contributed by atoms with Crippen molar-refractivity contribution in [3.63, 3.8) is 0 Å². The molecule has 0 aliphatic carbocycles. The number of pyridine rings is 1. The van der Waals surface area contributed by atoms with Crippen LogP contribution in [0.15, 0.2) is 36.7 Å². The summed E-state index contributed by atoms with van der Waals surface area (Å²) in [4.78, 5) is 3.92. The van der Waals surface area contributed by atoms with E-state index >= 15 is 0 Å². The lowest BCUT2D eigenvalue weighted by molar-refractivity contribution is 0.480. The van der Waals surface area contributed by atoms with Gasteiger partial charge in [-0.25, -0.2) is 0 Å². The molecule has 4 nitrogen and oxygen atoms in total. The van der Waals surface area contributed by atoms with Crippen LogP contribution in [0.5, 0.6) is 11.5 Å². The van der Waals surface area contributed by atoms with E-state index in [9.17, 15) is 0 Å². The number of anilines is 1. The Kier molecular flexibility index (Phi) is 2.93. The Hall–Kier alpha value is -2.54. The molecule has 0 bridgehead atoms. The van der Waals surface area contributed by atoms with Gasteiger partial charge in [-0.3, -0.25) is 4.98 Å². The van der Waals surface area contributed by atoms with Gasteiger partial charge in [-0.05, 0) is 24.6 Å². The van der Waals surface area contributed by atoms with Gasteiger partial charge in [0.1, 0.15) is 6.07 Å². The molecule has 0 fully saturated rings. The first-order valence-corrected chi connectivity index (χ1v) is 5.09. The molecule has 0 amide bonds. The van der Waals surface area contributed by atoms with E-state index in [0.29, 0.717) is 22.7 Å². The number of nitrogens with zero attached hydrogens (tertiary/aromatic N) is 2. The van der Waals surface area contributed by atoms with E-state index in [1.54, 1.807) is 18.3 Å². The van der Waals surface area contributed by atoms with Crippen molar-refractivity contribution in [2.45, 2.75) is 6.92 Å². The smallest absolute Gasteiger partial charge is 0.163 e. The number of hydrogen-bond acceptors (Lipinski definition) is 4. The molecule has 1 heterocycles. The maximum atomic E-state index is 8.93. The van der Waals surface area contributed by atoms with Crippen LogP contribution in [0, 0.1) is 18.3 Å². The lowest BCUT2D eigenvalue weighted by Gasteiger charge is -2.10. The SMILES string of the molecule is Cc1cccc(Oc2cnccc2C#N)c1N. The molecular weight excluding hydrogens is 214 g/mol. The Bertz CT molecular complexity index is 587. The number of aryl methyl sites for hydroxylation is 1. The number of ether oxygens (including phenoxy) is 1. The van der Waals surface area contributed by atoms with Gasteiger partial charge >= 0.3 is 0 Å². The molecule has 1 aromatic heterocycles. The number of nitrogen functional groups attached to an aromatic ring is 1. The number of aromatic nitrogens is 1. The van der Waals surface area contributed by atoms with Gasteiger partial charge in [0.05, 0.1) is 17.4 Å². The minimum atomic E-state index is 0.410. The van der Waals surface area contributed by atoms with Crippen molar-refractivity contribution in [1.82, 2.24) is 4.98 Å². The molecule has 0 radical (unpaired) electrons. The number of benzene rings is 1. The highest BCUT2D eigenvalue weighted by atomic mass is 16.5. The molecule has 4 heteroatoms. The lowest BCUT2D eigenvalue weighted by atomic mass is 10.2. The Labute approximate surface area is 99.3 Å². The van der Waals surface area contributed by atoms with E-state index in [1.165, 1.54) is 6.20 Å². The van der Waals surface area contributed by atoms with Crippen LogP contribution in [-0.4, -0.2) is 4.98 Å². The summed E-state index contributed by atoms with van der Waals surface area (Å²) in [5.41, 5.74) is 7.83. The summed E-state index contributed by atoms with van der Waals surface area (Å²) in [6.07, 6.45) is 3.05. The van der Waals surface area contributed by atoms with Crippen molar-refractivity contribution in [3.05, 3.63) is 47.8 Å². The third-order valence-corrected chi connectivity index (χ3v) is 2.41. The number of rotatable bonds is 2. The van der Waals surface area contributed by atoms with E-state index in [0.717, 1.165) is 5.56 Å². The van der Waals surface area contributed by atoms with Gasteiger partial charge in [0.25, 0.3) is 0 Å². The second-order valence-electron chi connectivity index (χ2n) is 3.57. The van der Waals surface area contributed by atoms with E-state index in [1.807, 2.05) is 25.1 Å². The molecular formula is C13H11N3O. The lowest BCUT2D eigenvalue weighted by Crippen LogP contribution is -1.96. The van der Waals surface area contributed by atoms with Crippen LogP contribution in [0.1, 0.15) is 11.1 Å². The van der Waals surface area contributed by atoms with Gasteiger partial charge in [0.2, 0.25) is 0 Å². The molecule has 0 spiro atoms. The third kappa shape index (κ3) is 2.18. The highest BCUT2D eigenvalue weighted by Gasteiger charge is 2.07. The van der Waals surface area contributed by atoms with Gasteiger partial charge < -0.3 is 10.5 Å². The van der Waals surface area contributed by atoms with Crippen molar-refractivity contribution in [1.29, 1.82) is 5.26 Å². The van der Waals surface area contributed by atoms with E-state index in [2.05, 4.69) is 4.98 Å². The minimum Gasteiger partial charge on any atom is -0.452 e. The van der Waals surface area contributed by atoms with Crippen LogP contribution in [0.3, 0.4) is 0 Å². The summed E-state index contributed by atoms with van der Waals surface area (Å²) in [6, 6.07) is 9.15. The van der Waals surface area contributed by atoms with Crippen LogP contribution >= 0.6 is 0 Å². The second kappa shape index (κ2) is 4.54.